The van der Waals surface area contributed by atoms with Crippen LogP contribution in [0.15, 0.2) is 22.7 Å². The summed E-state index contributed by atoms with van der Waals surface area (Å²) in [5, 5.41) is 7.03. The number of benzene rings is 1. The summed E-state index contributed by atoms with van der Waals surface area (Å²) in [6.45, 7) is 4.93. The first kappa shape index (κ1) is 18.3. The molecule has 2 aromatic rings. The highest BCUT2D eigenvalue weighted by atomic mass is 35.5. The second-order valence-electron chi connectivity index (χ2n) is 5.42. The Morgan fingerprint density at radius 1 is 1.29 bits per heavy atom. The van der Waals surface area contributed by atoms with Crippen LogP contribution in [-0.2, 0) is 9.53 Å². The minimum absolute atomic E-state index is 0.0289. The normalized spacial score (nSPS) is 10.8. The maximum absolute atomic E-state index is 12.2. The summed E-state index contributed by atoms with van der Waals surface area (Å²) >= 11 is 11.7. The lowest BCUT2D eigenvalue weighted by Crippen LogP contribution is -2.21. The summed E-state index contributed by atoms with van der Waals surface area (Å²) in [4.78, 5) is 24.0. The topological polar surface area (TPSA) is 81.4 Å². The molecule has 1 aromatic carbocycles. The van der Waals surface area contributed by atoms with E-state index in [2.05, 4.69) is 10.5 Å². The van der Waals surface area contributed by atoms with Gasteiger partial charge < -0.3 is 14.6 Å². The highest BCUT2D eigenvalue weighted by molar-refractivity contribution is 6.42. The van der Waals surface area contributed by atoms with Crippen molar-refractivity contribution in [2.45, 2.75) is 26.7 Å². The number of ether oxygens (including phenoxy) is 1. The van der Waals surface area contributed by atoms with Crippen LogP contribution in [0.2, 0.25) is 10.0 Å². The van der Waals surface area contributed by atoms with Crippen LogP contribution in [0.1, 0.15) is 41.6 Å². The number of amides is 1. The number of nitrogens with zero attached hydrogens (tertiary/aromatic N) is 1. The van der Waals surface area contributed by atoms with Gasteiger partial charge in [0.2, 0.25) is 0 Å². The van der Waals surface area contributed by atoms with Gasteiger partial charge in [0.05, 0.1) is 15.7 Å². The van der Waals surface area contributed by atoms with Gasteiger partial charge in [0, 0.05) is 11.6 Å². The monoisotopic (exact) mass is 370 g/mol. The Hall–Kier alpha value is -2.05. The van der Waals surface area contributed by atoms with E-state index in [-0.39, 0.29) is 11.5 Å². The van der Waals surface area contributed by atoms with Crippen LogP contribution in [0.5, 0.6) is 0 Å². The third-order valence-electron chi connectivity index (χ3n) is 3.16. The van der Waals surface area contributed by atoms with E-state index in [0.717, 1.165) is 0 Å². The average molecular weight is 371 g/mol. The molecule has 1 N–H and O–H groups in total. The summed E-state index contributed by atoms with van der Waals surface area (Å²) < 4.78 is 10.2. The first-order valence-electron chi connectivity index (χ1n) is 7.17. The van der Waals surface area contributed by atoms with Crippen molar-refractivity contribution in [1.29, 1.82) is 0 Å². The Morgan fingerprint density at radius 2 is 2.00 bits per heavy atom. The molecular weight excluding hydrogens is 355 g/mol. The Kier molecular flexibility index (Phi) is 5.85. The van der Waals surface area contributed by atoms with Gasteiger partial charge in [-0.25, -0.2) is 4.79 Å². The zero-order valence-corrected chi connectivity index (χ0v) is 14.9. The Labute approximate surface area is 149 Å². The first-order valence-corrected chi connectivity index (χ1v) is 7.93. The molecule has 6 nitrogen and oxygen atoms in total. The van der Waals surface area contributed by atoms with Crippen molar-refractivity contribution in [1.82, 2.24) is 5.16 Å². The Bertz CT molecular complexity index is 771. The molecule has 0 spiro atoms. The standard InChI is InChI=1S/C16H16Cl2N2O4/c1-8(2)15-14(9(3)20-24-15)16(22)23-7-13(21)19-10-4-5-11(17)12(18)6-10/h4-6,8H,7H2,1-3H3,(H,19,21). The highest BCUT2D eigenvalue weighted by Gasteiger charge is 2.24. The van der Waals surface area contributed by atoms with Crippen LogP contribution in [0.25, 0.3) is 0 Å². The second kappa shape index (κ2) is 7.68. The quantitative estimate of drug-likeness (QED) is 0.797. The fourth-order valence-electron chi connectivity index (χ4n) is 2.00. The van der Waals surface area contributed by atoms with Crippen molar-refractivity contribution in [2.75, 3.05) is 11.9 Å². The summed E-state index contributed by atoms with van der Waals surface area (Å²) in [6, 6.07) is 4.65. The number of esters is 1. The molecule has 0 aliphatic heterocycles. The molecule has 0 saturated carbocycles. The molecule has 2 rings (SSSR count). The lowest BCUT2D eigenvalue weighted by Gasteiger charge is -2.08. The van der Waals surface area contributed by atoms with E-state index in [1.54, 1.807) is 19.1 Å². The van der Waals surface area contributed by atoms with Crippen LogP contribution >= 0.6 is 23.2 Å². The van der Waals surface area contributed by atoms with E-state index in [4.69, 9.17) is 32.5 Å². The number of hydrogen-bond donors (Lipinski definition) is 1. The van der Waals surface area contributed by atoms with Crippen molar-refractivity contribution in [3.8, 4) is 0 Å². The number of nitrogens with one attached hydrogen (secondary N) is 1. The number of halogens is 2. The van der Waals surface area contributed by atoms with Gasteiger partial charge in [0.1, 0.15) is 5.56 Å². The number of carbonyl (C=O) groups is 2. The van der Waals surface area contributed by atoms with Gasteiger partial charge in [-0.15, -0.1) is 0 Å². The van der Waals surface area contributed by atoms with Gasteiger partial charge in [0.15, 0.2) is 12.4 Å². The maximum Gasteiger partial charge on any atom is 0.344 e. The van der Waals surface area contributed by atoms with Gasteiger partial charge in [-0.1, -0.05) is 42.2 Å². The smallest absolute Gasteiger partial charge is 0.344 e. The molecule has 0 bridgehead atoms. The van der Waals surface area contributed by atoms with Crippen LogP contribution in [0.3, 0.4) is 0 Å². The zero-order chi connectivity index (χ0) is 17.9. The van der Waals surface area contributed by atoms with Crippen LogP contribution in [0, 0.1) is 6.92 Å². The number of carbonyl (C=O) groups excluding carboxylic acids is 2. The van der Waals surface area contributed by atoms with Crippen molar-refractivity contribution in [3.05, 3.63) is 45.3 Å². The van der Waals surface area contributed by atoms with Crippen LogP contribution in [-0.4, -0.2) is 23.6 Å². The predicted octanol–water partition coefficient (Wildman–Crippen LogP) is 4.21. The van der Waals surface area contributed by atoms with E-state index in [1.807, 2.05) is 13.8 Å². The van der Waals surface area contributed by atoms with E-state index in [1.165, 1.54) is 6.07 Å². The summed E-state index contributed by atoms with van der Waals surface area (Å²) in [5.74, 6) is -0.746. The summed E-state index contributed by atoms with van der Waals surface area (Å²) in [6.07, 6.45) is 0. The van der Waals surface area contributed by atoms with Gasteiger partial charge in [0.25, 0.3) is 5.91 Å². The van der Waals surface area contributed by atoms with E-state index >= 15 is 0 Å². The molecule has 0 unspecified atom stereocenters. The van der Waals surface area contributed by atoms with Crippen molar-refractivity contribution >= 4 is 40.8 Å². The van der Waals surface area contributed by atoms with E-state index < -0.39 is 18.5 Å². The number of hydrogen-bond acceptors (Lipinski definition) is 5. The second-order valence-corrected chi connectivity index (χ2v) is 6.23. The third-order valence-corrected chi connectivity index (χ3v) is 3.89. The fraction of sp³-hybridized carbons (Fsp3) is 0.312. The molecule has 1 heterocycles. The van der Waals surface area contributed by atoms with Crippen molar-refractivity contribution < 1.29 is 18.8 Å². The van der Waals surface area contributed by atoms with Crippen molar-refractivity contribution in [3.63, 3.8) is 0 Å². The lowest BCUT2D eigenvalue weighted by molar-refractivity contribution is -0.119. The molecule has 24 heavy (non-hydrogen) atoms. The van der Waals surface area contributed by atoms with Crippen molar-refractivity contribution in [2.24, 2.45) is 0 Å². The summed E-state index contributed by atoms with van der Waals surface area (Å²) in [7, 11) is 0. The molecule has 0 atom stereocenters. The van der Waals surface area contributed by atoms with E-state index in [9.17, 15) is 9.59 Å². The Balaban J connectivity index is 1.97. The van der Waals surface area contributed by atoms with Crippen LogP contribution in [0.4, 0.5) is 5.69 Å². The number of anilines is 1. The molecule has 0 aliphatic carbocycles. The molecule has 0 saturated heterocycles. The van der Waals surface area contributed by atoms with Gasteiger partial charge in [-0.3, -0.25) is 4.79 Å². The van der Waals surface area contributed by atoms with Gasteiger partial charge in [-0.2, -0.15) is 0 Å². The maximum atomic E-state index is 12.2. The highest BCUT2D eigenvalue weighted by Crippen LogP contribution is 2.25. The molecule has 8 heteroatoms. The first-order chi connectivity index (χ1) is 11.3. The Morgan fingerprint density at radius 3 is 2.62 bits per heavy atom. The molecule has 1 amide bonds. The number of aromatic nitrogens is 1. The minimum Gasteiger partial charge on any atom is -0.452 e. The van der Waals surface area contributed by atoms with Crippen LogP contribution < -0.4 is 5.32 Å². The zero-order valence-electron chi connectivity index (χ0n) is 13.4. The molecule has 128 valence electrons. The average Bonchev–Trinajstić information content (AvgIpc) is 2.90. The molecule has 0 radical (unpaired) electrons. The minimum atomic E-state index is -0.651. The molecule has 0 fully saturated rings. The number of aryl methyl sites for hydroxylation is 1. The van der Waals surface area contributed by atoms with Gasteiger partial charge >= 0.3 is 5.97 Å². The third kappa shape index (κ3) is 4.27. The fourth-order valence-corrected chi connectivity index (χ4v) is 2.30. The van der Waals surface area contributed by atoms with E-state index in [0.29, 0.717) is 27.2 Å². The lowest BCUT2D eigenvalue weighted by atomic mass is 10.1. The SMILES string of the molecule is Cc1noc(C(C)C)c1C(=O)OCC(=O)Nc1ccc(Cl)c(Cl)c1. The molecular formula is C16H16Cl2N2O4. The predicted molar refractivity (Wildman–Crippen MR) is 90.7 cm³/mol. The largest absolute Gasteiger partial charge is 0.452 e. The summed E-state index contributed by atoms with van der Waals surface area (Å²) in [5.41, 5.74) is 1.13. The molecule has 1 aromatic heterocycles. The van der Waals surface area contributed by atoms with Gasteiger partial charge in [-0.05, 0) is 25.1 Å². The number of rotatable bonds is 5. The molecule has 0 aliphatic rings.